The molecule has 2 rings (SSSR count). The first-order valence-electron chi connectivity index (χ1n) is 5.64. The van der Waals surface area contributed by atoms with Crippen molar-refractivity contribution >= 4 is 11.6 Å². The molecule has 1 aromatic carbocycles. The van der Waals surface area contributed by atoms with E-state index in [-0.39, 0.29) is 12.0 Å². The van der Waals surface area contributed by atoms with Crippen molar-refractivity contribution in [3.05, 3.63) is 23.8 Å². The number of benzene rings is 1. The van der Waals surface area contributed by atoms with E-state index in [1.165, 1.54) is 5.56 Å². The van der Waals surface area contributed by atoms with Crippen LogP contribution in [0.5, 0.6) is 5.75 Å². The van der Waals surface area contributed by atoms with Crippen LogP contribution in [-0.4, -0.2) is 19.1 Å². The summed E-state index contributed by atoms with van der Waals surface area (Å²) in [6, 6.07) is 5.98. The van der Waals surface area contributed by atoms with Crippen LogP contribution >= 0.6 is 0 Å². The molecule has 1 amide bonds. The Morgan fingerprint density at radius 1 is 1.31 bits per heavy atom. The Labute approximate surface area is 96.0 Å². The summed E-state index contributed by atoms with van der Waals surface area (Å²) in [5.41, 5.74) is 2.20. The quantitative estimate of drug-likeness (QED) is 0.764. The second kappa shape index (κ2) is 4.16. The Kier molecular flexibility index (Phi) is 2.86. The highest BCUT2D eigenvalue weighted by Gasteiger charge is 2.21. The third-order valence-electron chi connectivity index (χ3n) is 2.77. The fourth-order valence-electron chi connectivity index (χ4n) is 1.96. The zero-order chi connectivity index (χ0) is 11.7. The molecule has 1 aliphatic rings. The van der Waals surface area contributed by atoms with Crippen LogP contribution in [0.2, 0.25) is 0 Å². The molecule has 86 valence electrons. The molecule has 0 aromatic heterocycles. The third-order valence-corrected chi connectivity index (χ3v) is 2.77. The first-order valence-corrected chi connectivity index (χ1v) is 5.64. The Balaban J connectivity index is 2.33. The van der Waals surface area contributed by atoms with Crippen LogP contribution in [0.1, 0.15) is 25.8 Å². The van der Waals surface area contributed by atoms with Crippen LogP contribution in [0.3, 0.4) is 0 Å². The van der Waals surface area contributed by atoms with Crippen LogP contribution in [0.15, 0.2) is 18.2 Å². The van der Waals surface area contributed by atoms with Crippen molar-refractivity contribution in [3.8, 4) is 5.75 Å². The number of carbonyl (C=O) groups is 1. The minimum absolute atomic E-state index is 0.155. The van der Waals surface area contributed by atoms with E-state index in [1.807, 2.05) is 33.0 Å². The molecule has 0 fully saturated rings. The first kappa shape index (κ1) is 11.0. The van der Waals surface area contributed by atoms with Crippen molar-refractivity contribution < 1.29 is 9.53 Å². The summed E-state index contributed by atoms with van der Waals surface area (Å²) in [6.45, 7) is 3.99. The number of hydrogen-bond donors (Lipinski definition) is 0. The van der Waals surface area contributed by atoms with Gasteiger partial charge < -0.3 is 9.64 Å². The van der Waals surface area contributed by atoms with Crippen LogP contribution < -0.4 is 9.64 Å². The van der Waals surface area contributed by atoms with Crippen molar-refractivity contribution in [1.82, 2.24) is 0 Å². The van der Waals surface area contributed by atoms with Crippen molar-refractivity contribution in [2.75, 3.05) is 11.9 Å². The summed E-state index contributed by atoms with van der Waals surface area (Å²) in [6.07, 6.45) is 1.59. The monoisotopic (exact) mass is 219 g/mol. The number of ether oxygens (including phenoxy) is 1. The van der Waals surface area contributed by atoms with E-state index < -0.39 is 0 Å². The second-order valence-electron chi connectivity index (χ2n) is 4.41. The smallest absolute Gasteiger partial charge is 0.227 e. The molecule has 0 atom stereocenters. The van der Waals surface area contributed by atoms with Crippen molar-refractivity contribution in [3.63, 3.8) is 0 Å². The SMILES string of the molecule is CC(C)Oc1ccc2c(c1)N(C)C(=O)CC2. The molecule has 0 N–H and O–H groups in total. The Morgan fingerprint density at radius 2 is 2.06 bits per heavy atom. The zero-order valence-electron chi connectivity index (χ0n) is 9.99. The second-order valence-corrected chi connectivity index (χ2v) is 4.41. The fraction of sp³-hybridized carbons (Fsp3) is 0.462. The fourth-order valence-corrected chi connectivity index (χ4v) is 1.96. The molecule has 1 aliphatic heterocycles. The third kappa shape index (κ3) is 2.03. The largest absolute Gasteiger partial charge is 0.491 e. The van der Waals surface area contributed by atoms with Gasteiger partial charge in [-0.3, -0.25) is 4.79 Å². The molecule has 3 heteroatoms. The van der Waals surface area contributed by atoms with E-state index in [0.29, 0.717) is 6.42 Å². The highest BCUT2D eigenvalue weighted by atomic mass is 16.5. The molecular formula is C13H17NO2. The normalized spacial score (nSPS) is 15.2. The summed E-state index contributed by atoms with van der Waals surface area (Å²) in [5, 5.41) is 0. The van der Waals surface area contributed by atoms with E-state index in [1.54, 1.807) is 4.90 Å². The van der Waals surface area contributed by atoms with E-state index >= 15 is 0 Å². The molecule has 0 unspecified atom stereocenters. The summed E-state index contributed by atoms with van der Waals surface area (Å²) in [5.74, 6) is 1.00. The Morgan fingerprint density at radius 3 is 2.75 bits per heavy atom. The van der Waals surface area contributed by atoms with Crippen LogP contribution in [-0.2, 0) is 11.2 Å². The van der Waals surface area contributed by atoms with Crippen LogP contribution in [0, 0.1) is 0 Å². The lowest BCUT2D eigenvalue weighted by Crippen LogP contribution is -2.31. The lowest BCUT2D eigenvalue weighted by atomic mass is 10.0. The van der Waals surface area contributed by atoms with E-state index in [9.17, 15) is 4.79 Å². The summed E-state index contributed by atoms with van der Waals surface area (Å²) in [4.78, 5) is 13.3. The number of fused-ring (bicyclic) bond motifs is 1. The topological polar surface area (TPSA) is 29.5 Å². The standard InChI is InChI=1S/C13H17NO2/c1-9(2)16-11-6-4-10-5-7-13(15)14(3)12(10)8-11/h4,6,8-9H,5,7H2,1-3H3. The number of hydrogen-bond acceptors (Lipinski definition) is 2. The molecule has 0 saturated heterocycles. The number of aryl methyl sites for hydroxylation is 1. The summed E-state index contributed by atoms with van der Waals surface area (Å²) < 4.78 is 5.63. The molecule has 0 radical (unpaired) electrons. The van der Waals surface area contributed by atoms with Crippen LogP contribution in [0.25, 0.3) is 0 Å². The molecule has 1 heterocycles. The van der Waals surface area contributed by atoms with Gasteiger partial charge in [0.2, 0.25) is 5.91 Å². The van der Waals surface area contributed by atoms with E-state index in [0.717, 1.165) is 17.9 Å². The average molecular weight is 219 g/mol. The maximum atomic E-state index is 11.6. The van der Waals surface area contributed by atoms with Gasteiger partial charge in [0, 0.05) is 19.5 Å². The predicted octanol–water partition coefficient (Wildman–Crippen LogP) is 2.38. The first-order chi connectivity index (χ1) is 7.58. The van der Waals surface area contributed by atoms with Gasteiger partial charge in [-0.05, 0) is 31.9 Å². The lowest BCUT2D eigenvalue weighted by molar-refractivity contribution is -0.118. The number of anilines is 1. The van der Waals surface area contributed by atoms with Gasteiger partial charge in [-0.1, -0.05) is 6.07 Å². The molecule has 0 aliphatic carbocycles. The lowest BCUT2D eigenvalue weighted by Gasteiger charge is -2.26. The molecule has 1 aromatic rings. The molecule has 0 saturated carbocycles. The highest BCUT2D eigenvalue weighted by molar-refractivity contribution is 5.96. The minimum atomic E-state index is 0.155. The highest BCUT2D eigenvalue weighted by Crippen LogP contribution is 2.30. The predicted molar refractivity (Wildman–Crippen MR) is 63.9 cm³/mol. The van der Waals surface area contributed by atoms with Gasteiger partial charge in [0.25, 0.3) is 0 Å². The zero-order valence-corrected chi connectivity index (χ0v) is 9.99. The minimum Gasteiger partial charge on any atom is -0.491 e. The van der Waals surface area contributed by atoms with Gasteiger partial charge >= 0.3 is 0 Å². The number of carbonyl (C=O) groups excluding carboxylic acids is 1. The van der Waals surface area contributed by atoms with Gasteiger partial charge in [0.1, 0.15) is 5.75 Å². The number of rotatable bonds is 2. The Hall–Kier alpha value is -1.51. The molecular weight excluding hydrogens is 202 g/mol. The molecule has 0 spiro atoms. The van der Waals surface area contributed by atoms with Gasteiger partial charge in [-0.15, -0.1) is 0 Å². The van der Waals surface area contributed by atoms with E-state index in [2.05, 4.69) is 6.07 Å². The number of nitrogens with zero attached hydrogens (tertiary/aromatic N) is 1. The van der Waals surface area contributed by atoms with Gasteiger partial charge in [0.15, 0.2) is 0 Å². The molecule has 0 bridgehead atoms. The average Bonchev–Trinajstić information content (AvgIpc) is 2.23. The maximum Gasteiger partial charge on any atom is 0.227 e. The van der Waals surface area contributed by atoms with Crippen molar-refractivity contribution in [2.45, 2.75) is 32.8 Å². The summed E-state index contributed by atoms with van der Waals surface area (Å²) >= 11 is 0. The molecule has 16 heavy (non-hydrogen) atoms. The van der Waals surface area contributed by atoms with Gasteiger partial charge in [-0.2, -0.15) is 0 Å². The van der Waals surface area contributed by atoms with Crippen molar-refractivity contribution in [2.24, 2.45) is 0 Å². The summed E-state index contributed by atoms with van der Waals surface area (Å²) in [7, 11) is 1.82. The van der Waals surface area contributed by atoms with Crippen molar-refractivity contribution in [1.29, 1.82) is 0 Å². The van der Waals surface area contributed by atoms with Gasteiger partial charge in [-0.25, -0.2) is 0 Å². The van der Waals surface area contributed by atoms with E-state index in [4.69, 9.17) is 4.74 Å². The number of amides is 1. The van der Waals surface area contributed by atoms with Gasteiger partial charge in [0.05, 0.1) is 11.8 Å². The maximum absolute atomic E-state index is 11.6. The molecule has 3 nitrogen and oxygen atoms in total. The Bertz CT molecular complexity index is 412. The van der Waals surface area contributed by atoms with Crippen LogP contribution in [0.4, 0.5) is 5.69 Å².